The van der Waals surface area contributed by atoms with Gasteiger partial charge in [-0.3, -0.25) is 4.98 Å². The Hall–Kier alpha value is -6.52. The van der Waals surface area contributed by atoms with Crippen LogP contribution in [0.5, 0.6) is 0 Å². The lowest BCUT2D eigenvalue weighted by Crippen LogP contribution is -2.05. The summed E-state index contributed by atoms with van der Waals surface area (Å²) >= 11 is 0. The third-order valence-corrected chi connectivity index (χ3v) is 10.8. The zero-order chi connectivity index (χ0) is 37.0. The first-order valence-electron chi connectivity index (χ1n) is 19.4. The van der Waals surface area contributed by atoms with Gasteiger partial charge in [0.2, 0.25) is 0 Å². The number of hydrogen-bond donors (Lipinski definition) is 0. The Morgan fingerprint density at radius 3 is 1.91 bits per heavy atom. The highest BCUT2D eigenvalue weighted by molar-refractivity contribution is 5.95. The Morgan fingerprint density at radius 1 is 0.473 bits per heavy atom. The van der Waals surface area contributed by atoms with E-state index in [4.69, 9.17) is 15.0 Å². The maximum atomic E-state index is 5.14. The van der Waals surface area contributed by atoms with Gasteiger partial charge in [0.05, 0.1) is 0 Å². The molecule has 2 heterocycles. The maximum Gasteiger partial charge on any atom is 0.164 e. The third-order valence-electron chi connectivity index (χ3n) is 10.8. The SMILES string of the molecule is Cc1ncccc1-c1cccc(-c2nc(C3=CC=C(c4cc(C5=CCCC=C5)c(C5=CC=CCC5)c(-c5ccccc5)c4)CC3)nc(-c3ccccc3)n2)c1. The highest BCUT2D eigenvalue weighted by Gasteiger charge is 2.22. The average Bonchev–Trinajstić information content (AvgIpc) is 3.27. The predicted octanol–water partition coefficient (Wildman–Crippen LogP) is 13.0. The first-order chi connectivity index (χ1) is 27.2. The third kappa shape index (κ3) is 7.24. The van der Waals surface area contributed by atoms with Gasteiger partial charge in [-0.15, -0.1) is 0 Å². The Labute approximate surface area is 323 Å². The van der Waals surface area contributed by atoms with Gasteiger partial charge in [0.1, 0.15) is 0 Å². The van der Waals surface area contributed by atoms with Crippen LogP contribution in [0.3, 0.4) is 0 Å². The number of nitrogens with zero attached hydrogens (tertiary/aromatic N) is 4. The van der Waals surface area contributed by atoms with E-state index in [1.807, 2.05) is 37.4 Å². The van der Waals surface area contributed by atoms with Crippen LogP contribution in [0.25, 0.3) is 67.3 Å². The lowest BCUT2D eigenvalue weighted by atomic mass is 9.80. The van der Waals surface area contributed by atoms with Crippen LogP contribution in [0.4, 0.5) is 0 Å². The van der Waals surface area contributed by atoms with E-state index < -0.39 is 0 Å². The van der Waals surface area contributed by atoms with Gasteiger partial charge in [-0.25, -0.2) is 15.0 Å². The normalized spacial score (nSPS) is 15.2. The molecule has 0 bridgehead atoms. The molecule has 4 nitrogen and oxygen atoms in total. The summed E-state index contributed by atoms with van der Waals surface area (Å²) in [6.45, 7) is 2.04. The van der Waals surface area contributed by atoms with Crippen molar-refractivity contribution in [3.8, 4) is 45.0 Å². The van der Waals surface area contributed by atoms with Gasteiger partial charge in [-0.1, -0.05) is 134 Å². The largest absolute Gasteiger partial charge is 0.261 e. The topological polar surface area (TPSA) is 51.6 Å². The van der Waals surface area contributed by atoms with Crippen LogP contribution in [0.2, 0.25) is 0 Å². The molecule has 0 saturated heterocycles. The van der Waals surface area contributed by atoms with Crippen molar-refractivity contribution in [2.75, 3.05) is 0 Å². The van der Waals surface area contributed by atoms with E-state index in [0.29, 0.717) is 11.6 Å². The van der Waals surface area contributed by atoms with E-state index in [1.165, 1.54) is 44.5 Å². The van der Waals surface area contributed by atoms with Gasteiger partial charge < -0.3 is 0 Å². The molecule has 4 heteroatoms. The Balaban J connectivity index is 1.15. The van der Waals surface area contributed by atoms with Crippen LogP contribution < -0.4 is 0 Å². The molecule has 4 aromatic carbocycles. The van der Waals surface area contributed by atoms with Crippen molar-refractivity contribution in [1.82, 2.24) is 19.9 Å². The summed E-state index contributed by atoms with van der Waals surface area (Å²) in [4.78, 5) is 19.8. The minimum Gasteiger partial charge on any atom is -0.261 e. The van der Waals surface area contributed by atoms with Gasteiger partial charge in [0.15, 0.2) is 17.5 Å². The quantitative estimate of drug-likeness (QED) is 0.158. The number of allylic oxidation sites excluding steroid dienone is 12. The van der Waals surface area contributed by atoms with Crippen LogP contribution in [0.15, 0.2) is 164 Å². The molecule has 3 aliphatic carbocycles. The van der Waals surface area contributed by atoms with E-state index in [0.717, 1.165) is 77.9 Å². The van der Waals surface area contributed by atoms with Crippen molar-refractivity contribution < 1.29 is 0 Å². The second-order valence-corrected chi connectivity index (χ2v) is 14.4. The lowest BCUT2D eigenvalue weighted by Gasteiger charge is -2.24. The molecule has 6 aromatic rings. The molecule has 2 aromatic heterocycles. The standard InChI is InChI=1S/C51H42N4/c1-35-45(26-15-31-52-35)42-24-14-25-43(32-42)51-54-49(40-22-12-5-13-23-40)53-50(55-51)41-29-27-36(28-30-41)44-33-46(37-16-6-2-7-17-37)48(39-20-10-4-11-21-39)47(34-44)38-18-8-3-9-19-38/h2,4-8,10,12-20,22-27,29,31-34H,3,9,11,21,28,30H2,1H3. The Bertz CT molecular complexity index is 2590. The van der Waals surface area contributed by atoms with Gasteiger partial charge in [0.25, 0.3) is 0 Å². The summed E-state index contributed by atoms with van der Waals surface area (Å²) < 4.78 is 0. The Morgan fingerprint density at radius 2 is 1.18 bits per heavy atom. The first kappa shape index (κ1) is 34.3. The molecule has 0 amide bonds. The summed E-state index contributed by atoms with van der Waals surface area (Å²) in [5.41, 5.74) is 16.7. The van der Waals surface area contributed by atoms with E-state index in [1.54, 1.807) is 0 Å². The van der Waals surface area contributed by atoms with Gasteiger partial charge >= 0.3 is 0 Å². The second kappa shape index (κ2) is 15.5. The summed E-state index contributed by atoms with van der Waals surface area (Å²) in [7, 11) is 0. The second-order valence-electron chi connectivity index (χ2n) is 14.4. The molecule has 0 aliphatic heterocycles. The number of benzene rings is 4. The number of hydrogen-bond acceptors (Lipinski definition) is 4. The minimum atomic E-state index is 0.663. The van der Waals surface area contributed by atoms with Crippen molar-refractivity contribution in [2.45, 2.75) is 45.4 Å². The van der Waals surface area contributed by atoms with Crippen molar-refractivity contribution in [3.05, 3.63) is 192 Å². The molecule has 0 radical (unpaired) electrons. The number of aromatic nitrogens is 4. The summed E-state index contributed by atoms with van der Waals surface area (Å²) in [6, 6.07) is 38.5. The zero-order valence-electron chi connectivity index (χ0n) is 31.1. The van der Waals surface area contributed by atoms with Crippen LogP contribution in [0, 0.1) is 6.92 Å². The number of aryl methyl sites for hydroxylation is 1. The fourth-order valence-electron chi connectivity index (χ4n) is 7.91. The number of pyridine rings is 1. The lowest BCUT2D eigenvalue weighted by molar-refractivity contribution is 0.984. The van der Waals surface area contributed by atoms with Crippen molar-refractivity contribution in [1.29, 1.82) is 0 Å². The van der Waals surface area contributed by atoms with Crippen LogP contribution in [-0.2, 0) is 0 Å². The smallest absolute Gasteiger partial charge is 0.164 e. The van der Waals surface area contributed by atoms with E-state index >= 15 is 0 Å². The highest BCUT2D eigenvalue weighted by Crippen LogP contribution is 2.43. The van der Waals surface area contributed by atoms with Crippen LogP contribution >= 0.6 is 0 Å². The Kier molecular flexibility index (Phi) is 9.62. The van der Waals surface area contributed by atoms with E-state index in [-0.39, 0.29) is 0 Å². The van der Waals surface area contributed by atoms with Crippen molar-refractivity contribution in [3.63, 3.8) is 0 Å². The summed E-state index contributed by atoms with van der Waals surface area (Å²) in [5, 5.41) is 0. The number of rotatable bonds is 8. The molecule has 3 aliphatic rings. The molecule has 0 atom stereocenters. The highest BCUT2D eigenvalue weighted by atomic mass is 15.0. The first-order valence-corrected chi connectivity index (χ1v) is 19.4. The van der Waals surface area contributed by atoms with Crippen LogP contribution in [-0.4, -0.2) is 19.9 Å². The fraction of sp³-hybridized carbons (Fsp3) is 0.137. The predicted molar refractivity (Wildman–Crippen MR) is 228 cm³/mol. The molecule has 266 valence electrons. The van der Waals surface area contributed by atoms with E-state index in [2.05, 4.69) is 139 Å². The summed E-state index contributed by atoms with van der Waals surface area (Å²) in [6.07, 6.45) is 26.2. The van der Waals surface area contributed by atoms with Crippen LogP contribution in [0.1, 0.15) is 66.7 Å². The molecule has 0 fully saturated rings. The van der Waals surface area contributed by atoms with E-state index in [9.17, 15) is 0 Å². The van der Waals surface area contributed by atoms with Gasteiger partial charge in [-0.2, -0.15) is 0 Å². The molecule has 0 saturated carbocycles. The summed E-state index contributed by atoms with van der Waals surface area (Å²) in [5.74, 6) is 2.06. The fourth-order valence-corrected chi connectivity index (χ4v) is 7.91. The average molecular weight is 711 g/mol. The molecule has 55 heavy (non-hydrogen) atoms. The molecule has 0 spiro atoms. The molecule has 0 N–H and O–H groups in total. The minimum absolute atomic E-state index is 0.663. The maximum absolute atomic E-state index is 5.14. The molecular formula is C51H42N4. The van der Waals surface area contributed by atoms with Gasteiger partial charge in [0, 0.05) is 28.6 Å². The van der Waals surface area contributed by atoms with Gasteiger partial charge in [-0.05, 0) is 125 Å². The van der Waals surface area contributed by atoms with Crippen molar-refractivity contribution in [2.24, 2.45) is 0 Å². The molecule has 0 unspecified atom stereocenters. The monoisotopic (exact) mass is 710 g/mol. The zero-order valence-corrected chi connectivity index (χ0v) is 31.1. The van der Waals surface area contributed by atoms with Crippen molar-refractivity contribution >= 4 is 22.3 Å². The molecular weight excluding hydrogens is 669 g/mol. The molecule has 9 rings (SSSR count).